The highest BCUT2D eigenvalue weighted by Crippen LogP contribution is 2.23. The number of amides is 1. The van der Waals surface area contributed by atoms with Gasteiger partial charge in [0.15, 0.2) is 0 Å². The van der Waals surface area contributed by atoms with Crippen LogP contribution < -0.4 is 10.1 Å². The molecule has 0 saturated carbocycles. The molecule has 0 radical (unpaired) electrons. The summed E-state index contributed by atoms with van der Waals surface area (Å²) in [5.41, 5.74) is 0.377. The van der Waals surface area contributed by atoms with Crippen molar-refractivity contribution in [1.29, 1.82) is 0 Å². The van der Waals surface area contributed by atoms with E-state index < -0.39 is 12.5 Å². The molecule has 0 bridgehead atoms. The van der Waals surface area contributed by atoms with Crippen molar-refractivity contribution in [3.05, 3.63) is 60.2 Å². The molecule has 5 heteroatoms. The maximum atomic E-state index is 12.5. The molecule has 0 aliphatic rings. The van der Waals surface area contributed by atoms with Crippen LogP contribution in [0.3, 0.4) is 0 Å². The molecule has 0 heterocycles. The number of alkyl halides is 2. The van der Waals surface area contributed by atoms with E-state index in [9.17, 15) is 13.6 Å². The van der Waals surface area contributed by atoms with Gasteiger partial charge >= 0.3 is 6.09 Å². The lowest BCUT2D eigenvalue weighted by molar-refractivity contribution is 0.151. The lowest BCUT2D eigenvalue weighted by Gasteiger charge is -2.07. The van der Waals surface area contributed by atoms with E-state index in [-0.39, 0.29) is 11.3 Å². The van der Waals surface area contributed by atoms with Crippen molar-refractivity contribution >= 4 is 11.8 Å². The first-order chi connectivity index (χ1) is 9.15. The highest BCUT2D eigenvalue weighted by atomic mass is 19.3. The van der Waals surface area contributed by atoms with Gasteiger partial charge in [0.25, 0.3) is 6.43 Å². The van der Waals surface area contributed by atoms with Crippen LogP contribution in [-0.2, 0) is 0 Å². The molecule has 2 aromatic rings. The highest BCUT2D eigenvalue weighted by molar-refractivity contribution is 5.86. The van der Waals surface area contributed by atoms with Crippen molar-refractivity contribution in [3.8, 4) is 5.75 Å². The first-order valence-electron chi connectivity index (χ1n) is 5.57. The van der Waals surface area contributed by atoms with Crippen molar-refractivity contribution in [2.24, 2.45) is 0 Å². The minimum atomic E-state index is -2.60. The number of halogens is 2. The zero-order valence-electron chi connectivity index (χ0n) is 9.85. The first-order valence-corrected chi connectivity index (χ1v) is 5.57. The zero-order chi connectivity index (χ0) is 13.7. The van der Waals surface area contributed by atoms with Crippen LogP contribution >= 0.6 is 0 Å². The summed E-state index contributed by atoms with van der Waals surface area (Å²) in [4.78, 5) is 11.5. The Labute approximate surface area is 108 Å². The molecular formula is C14H11F2NO2. The van der Waals surface area contributed by atoms with E-state index in [1.807, 2.05) is 6.07 Å². The zero-order valence-corrected chi connectivity index (χ0v) is 9.85. The van der Waals surface area contributed by atoms with Crippen LogP contribution in [0.2, 0.25) is 0 Å². The van der Waals surface area contributed by atoms with Crippen molar-refractivity contribution in [2.75, 3.05) is 5.32 Å². The van der Waals surface area contributed by atoms with E-state index >= 15 is 0 Å². The lowest BCUT2D eigenvalue weighted by Crippen LogP contribution is -2.16. The second-order valence-electron chi connectivity index (χ2n) is 3.75. The fourth-order valence-corrected chi connectivity index (χ4v) is 1.49. The van der Waals surface area contributed by atoms with E-state index in [4.69, 9.17) is 4.74 Å². The van der Waals surface area contributed by atoms with Crippen LogP contribution in [0.5, 0.6) is 5.75 Å². The number of hydrogen-bond acceptors (Lipinski definition) is 2. The summed E-state index contributed by atoms with van der Waals surface area (Å²) in [6.45, 7) is 0. The molecule has 0 spiro atoms. The maximum absolute atomic E-state index is 12.5. The number of nitrogens with one attached hydrogen (secondary N) is 1. The Balaban J connectivity index is 2.01. The van der Waals surface area contributed by atoms with Crippen molar-refractivity contribution < 1.29 is 18.3 Å². The Morgan fingerprint density at radius 2 is 1.79 bits per heavy atom. The van der Waals surface area contributed by atoms with E-state index in [0.29, 0.717) is 5.69 Å². The molecule has 0 aliphatic heterocycles. The van der Waals surface area contributed by atoms with Gasteiger partial charge in [-0.05, 0) is 24.3 Å². The molecule has 0 fully saturated rings. The largest absolute Gasteiger partial charge is 0.417 e. The molecule has 1 amide bonds. The van der Waals surface area contributed by atoms with E-state index in [2.05, 4.69) is 5.32 Å². The van der Waals surface area contributed by atoms with Gasteiger partial charge in [0.1, 0.15) is 5.75 Å². The second-order valence-corrected chi connectivity index (χ2v) is 3.75. The van der Waals surface area contributed by atoms with Gasteiger partial charge in [0.2, 0.25) is 0 Å². The highest BCUT2D eigenvalue weighted by Gasteiger charge is 2.10. The van der Waals surface area contributed by atoms with Crippen LogP contribution in [0.25, 0.3) is 0 Å². The van der Waals surface area contributed by atoms with Crippen molar-refractivity contribution in [1.82, 2.24) is 0 Å². The molecule has 2 rings (SSSR count). The molecule has 0 unspecified atom stereocenters. The predicted octanol–water partition coefficient (Wildman–Crippen LogP) is 4.24. The Morgan fingerprint density at radius 1 is 1.05 bits per heavy atom. The molecule has 1 N–H and O–H groups in total. The van der Waals surface area contributed by atoms with Gasteiger partial charge < -0.3 is 4.74 Å². The summed E-state index contributed by atoms with van der Waals surface area (Å²) < 4.78 is 29.9. The van der Waals surface area contributed by atoms with Crippen LogP contribution in [0.15, 0.2) is 54.6 Å². The van der Waals surface area contributed by atoms with E-state index in [1.54, 1.807) is 24.3 Å². The normalized spacial score (nSPS) is 10.3. The SMILES string of the molecule is O=C(Nc1ccccc1)Oc1cccc(C(F)F)c1. The molecule has 0 atom stereocenters. The van der Waals surface area contributed by atoms with Crippen LogP contribution in [-0.4, -0.2) is 6.09 Å². The fourth-order valence-electron chi connectivity index (χ4n) is 1.49. The maximum Gasteiger partial charge on any atom is 0.417 e. The van der Waals surface area contributed by atoms with Gasteiger partial charge in [-0.15, -0.1) is 0 Å². The summed E-state index contributed by atoms with van der Waals surface area (Å²) in [5, 5.41) is 2.49. The molecule has 0 saturated heterocycles. The third-order valence-corrected chi connectivity index (χ3v) is 2.34. The van der Waals surface area contributed by atoms with Crippen LogP contribution in [0.4, 0.5) is 19.3 Å². The topological polar surface area (TPSA) is 38.3 Å². The minimum Gasteiger partial charge on any atom is -0.410 e. The van der Waals surface area contributed by atoms with E-state index in [1.165, 1.54) is 18.2 Å². The lowest BCUT2D eigenvalue weighted by atomic mass is 10.2. The standard InChI is InChI=1S/C14H11F2NO2/c15-13(16)10-5-4-8-12(9-10)19-14(18)17-11-6-2-1-3-7-11/h1-9,13H,(H,17,18). The number of ether oxygens (including phenoxy) is 1. The monoisotopic (exact) mass is 263 g/mol. The van der Waals surface area contributed by atoms with Gasteiger partial charge in [-0.1, -0.05) is 30.3 Å². The van der Waals surface area contributed by atoms with Gasteiger partial charge in [0.05, 0.1) is 0 Å². The first kappa shape index (κ1) is 13.0. The molecule has 98 valence electrons. The number of hydrogen-bond donors (Lipinski definition) is 1. The number of carbonyl (C=O) groups is 1. The number of para-hydroxylation sites is 1. The van der Waals surface area contributed by atoms with Gasteiger partial charge in [-0.2, -0.15) is 0 Å². The summed E-state index contributed by atoms with van der Waals surface area (Å²) >= 11 is 0. The van der Waals surface area contributed by atoms with Crippen molar-refractivity contribution in [3.63, 3.8) is 0 Å². The molecule has 0 aliphatic carbocycles. The van der Waals surface area contributed by atoms with Gasteiger partial charge in [-0.25, -0.2) is 13.6 Å². The smallest absolute Gasteiger partial charge is 0.410 e. The second kappa shape index (κ2) is 5.95. The quantitative estimate of drug-likeness (QED) is 0.899. The Bertz CT molecular complexity index is 558. The molecular weight excluding hydrogens is 252 g/mol. The average Bonchev–Trinajstić information content (AvgIpc) is 2.40. The third kappa shape index (κ3) is 3.77. The van der Waals surface area contributed by atoms with Gasteiger partial charge in [0, 0.05) is 11.3 Å². The van der Waals surface area contributed by atoms with Crippen LogP contribution in [0, 0.1) is 0 Å². The molecule has 2 aromatic carbocycles. The average molecular weight is 263 g/mol. The summed E-state index contributed by atoms with van der Waals surface area (Å²) in [6, 6.07) is 14.0. The van der Waals surface area contributed by atoms with E-state index in [0.717, 1.165) is 6.07 Å². The number of carbonyl (C=O) groups excluding carboxylic acids is 1. The Hall–Kier alpha value is -2.43. The van der Waals surface area contributed by atoms with Gasteiger partial charge in [-0.3, -0.25) is 5.32 Å². The fraction of sp³-hybridized carbons (Fsp3) is 0.0714. The Morgan fingerprint density at radius 3 is 2.47 bits per heavy atom. The number of benzene rings is 2. The molecule has 3 nitrogen and oxygen atoms in total. The third-order valence-electron chi connectivity index (χ3n) is 2.34. The Kier molecular flexibility index (Phi) is 4.07. The summed E-state index contributed by atoms with van der Waals surface area (Å²) in [6.07, 6.45) is -3.32. The summed E-state index contributed by atoms with van der Waals surface area (Å²) in [7, 11) is 0. The minimum absolute atomic E-state index is 0.0752. The predicted molar refractivity (Wildman–Crippen MR) is 67.5 cm³/mol. The molecule has 19 heavy (non-hydrogen) atoms. The number of anilines is 1. The summed E-state index contributed by atoms with van der Waals surface area (Å²) in [5.74, 6) is 0.0752. The van der Waals surface area contributed by atoms with Crippen LogP contribution in [0.1, 0.15) is 12.0 Å². The van der Waals surface area contributed by atoms with Crippen molar-refractivity contribution in [2.45, 2.75) is 6.43 Å². The number of rotatable bonds is 3. The molecule has 0 aromatic heterocycles.